The van der Waals surface area contributed by atoms with Crippen LogP contribution in [0.15, 0.2) is 0 Å². The lowest BCUT2D eigenvalue weighted by Crippen LogP contribution is -2.61. The van der Waals surface area contributed by atoms with Crippen LogP contribution in [0.4, 0.5) is 4.39 Å². The third-order valence-corrected chi connectivity index (χ3v) is 6.78. The van der Waals surface area contributed by atoms with E-state index in [9.17, 15) is 4.79 Å². The van der Waals surface area contributed by atoms with Gasteiger partial charge in [-0.25, -0.2) is 4.39 Å². The third-order valence-electron chi connectivity index (χ3n) is 6.78. The van der Waals surface area contributed by atoms with Crippen molar-refractivity contribution in [2.24, 2.45) is 0 Å². The van der Waals surface area contributed by atoms with E-state index in [4.69, 9.17) is 14.2 Å². The van der Waals surface area contributed by atoms with Gasteiger partial charge >= 0.3 is 0 Å². The van der Waals surface area contributed by atoms with Gasteiger partial charge in [0.25, 0.3) is 5.91 Å². The summed E-state index contributed by atoms with van der Waals surface area (Å²) in [5, 5.41) is 0. The number of hydrogen-bond acceptors (Lipinski definition) is 5. The fourth-order valence-corrected chi connectivity index (χ4v) is 4.58. The number of amides is 1. The molecule has 3 saturated heterocycles. The van der Waals surface area contributed by atoms with Gasteiger partial charge in [0.1, 0.15) is 0 Å². The fourth-order valence-electron chi connectivity index (χ4n) is 4.58. The van der Waals surface area contributed by atoms with Gasteiger partial charge < -0.3 is 24.0 Å². The highest BCUT2D eigenvalue weighted by Crippen LogP contribution is 2.34. The third kappa shape index (κ3) is 4.47. The van der Waals surface area contributed by atoms with Crippen LogP contribution in [0.25, 0.3) is 0 Å². The van der Waals surface area contributed by atoms with Crippen molar-refractivity contribution >= 4 is 5.91 Å². The van der Waals surface area contributed by atoms with E-state index in [-0.39, 0.29) is 24.3 Å². The minimum atomic E-state index is -1.75. The lowest BCUT2D eigenvalue weighted by molar-refractivity contribution is -0.173. The Morgan fingerprint density at radius 2 is 1.81 bits per heavy atom. The molecule has 7 heteroatoms. The molecule has 27 heavy (non-hydrogen) atoms. The Morgan fingerprint density at radius 1 is 1.07 bits per heavy atom. The molecular weight excluding hydrogens is 351 g/mol. The number of morpholine rings is 1. The van der Waals surface area contributed by atoms with E-state index < -0.39 is 5.67 Å². The Bertz CT molecular complexity index is 514. The molecule has 6 nitrogen and oxygen atoms in total. The quantitative estimate of drug-likeness (QED) is 0.723. The summed E-state index contributed by atoms with van der Waals surface area (Å²) in [4.78, 5) is 16.9. The van der Waals surface area contributed by atoms with Gasteiger partial charge in [-0.1, -0.05) is 0 Å². The first kappa shape index (κ1) is 19.6. The van der Waals surface area contributed by atoms with Crippen LogP contribution in [0.3, 0.4) is 0 Å². The van der Waals surface area contributed by atoms with Crippen molar-refractivity contribution < 1.29 is 23.4 Å². The second kappa shape index (κ2) is 8.31. The largest absolute Gasteiger partial charge is 0.381 e. The molecule has 0 atom stereocenters. The Kier molecular flexibility index (Phi) is 6.02. The number of carbonyl (C=O) groups excluding carboxylic acids is 1. The number of hydrogen-bond donors (Lipinski definition) is 0. The van der Waals surface area contributed by atoms with E-state index in [0.29, 0.717) is 39.0 Å². The summed E-state index contributed by atoms with van der Waals surface area (Å²) in [6, 6.07) is 0. The Hall–Kier alpha value is -0.760. The SMILES string of the molecule is O=C(N1CCOC2(CCN(CCOC3CCC3)CC2)C1)C1(F)CCOCC1. The van der Waals surface area contributed by atoms with Gasteiger partial charge in [-0.05, 0) is 32.1 Å². The fraction of sp³-hybridized carbons (Fsp3) is 0.950. The minimum Gasteiger partial charge on any atom is -0.381 e. The number of halogens is 1. The maximum Gasteiger partial charge on any atom is 0.260 e. The van der Waals surface area contributed by atoms with Crippen molar-refractivity contribution in [3.8, 4) is 0 Å². The molecule has 3 heterocycles. The second-order valence-corrected chi connectivity index (χ2v) is 8.60. The van der Waals surface area contributed by atoms with Crippen LogP contribution in [0.2, 0.25) is 0 Å². The van der Waals surface area contributed by atoms with E-state index in [2.05, 4.69) is 4.90 Å². The molecule has 154 valence electrons. The van der Waals surface area contributed by atoms with Crippen molar-refractivity contribution in [3.63, 3.8) is 0 Å². The maximum absolute atomic E-state index is 15.1. The molecule has 0 radical (unpaired) electrons. The van der Waals surface area contributed by atoms with Crippen LogP contribution in [0.1, 0.15) is 44.9 Å². The maximum atomic E-state index is 15.1. The monoisotopic (exact) mass is 384 g/mol. The number of ether oxygens (including phenoxy) is 3. The first-order valence-corrected chi connectivity index (χ1v) is 10.6. The summed E-state index contributed by atoms with van der Waals surface area (Å²) in [5.41, 5.74) is -2.06. The highest BCUT2D eigenvalue weighted by Gasteiger charge is 2.47. The summed E-state index contributed by atoms with van der Waals surface area (Å²) in [7, 11) is 0. The number of nitrogens with zero attached hydrogens (tertiary/aromatic N) is 2. The molecule has 0 aromatic heterocycles. The number of rotatable bonds is 5. The van der Waals surface area contributed by atoms with Gasteiger partial charge in [-0.2, -0.15) is 0 Å². The Morgan fingerprint density at radius 3 is 2.48 bits per heavy atom. The summed E-state index contributed by atoms with van der Waals surface area (Å²) < 4.78 is 32.3. The molecule has 4 fully saturated rings. The molecule has 4 aliphatic rings. The average Bonchev–Trinajstić information content (AvgIpc) is 2.65. The van der Waals surface area contributed by atoms with Gasteiger partial charge in [0.2, 0.25) is 0 Å². The predicted molar refractivity (Wildman–Crippen MR) is 98.4 cm³/mol. The molecule has 0 N–H and O–H groups in total. The molecule has 0 bridgehead atoms. The lowest BCUT2D eigenvalue weighted by Gasteiger charge is -2.48. The Labute approximate surface area is 161 Å². The van der Waals surface area contributed by atoms with Gasteiger partial charge in [-0.3, -0.25) is 4.79 Å². The van der Waals surface area contributed by atoms with Crippen molar-refractivity contribution in [3.05, 3.63) is 0 Å². The van der Waals surface area contributed by atoms with Gasteiger partial charge in [0, 0.05) is 45.6 Å². The molecule has 0 unspecified atom stereocenters. The molecule has 1 amide bonds. The lowest BCUT2D eigenvalue weighted by atomic mass is 9.87. The summed E-state index contributed by atoms with van der Waals surface area (Å²) in [5.74, 6) is -0.357. The molecular formula is C20H33FN2O4. The summed E-state index contributed by atoms with van der Waals surface area (Å²) in [6.45, 7) is 5.83. The smallest absolute Gasteiger partial charge is 0.260 e. The normalized spacial score (nSPS) is 28.9. The molecule has 1 saturated carbocycles. The number of alkyl halides is 1. The molecule has 4 rings (SSSR count). The highest BCUT2D eigenvalue weighted by atomic mass is 19.1. The molecule has 0 aromatic carbocycles. The van der Waals surface area contributed by atoms with E-state index in [1.54, 1.807) is 4.90 Å². The van der Waals surface area contributed by atoms with Crippen LogP contribution < -0.4 is 0 Å². The Balaban J connectivity index is 1.26. The number of carbonyl (C=O) groups is 1. The van der Waals surface area contributed by atoms with Gasteiger partial charge in [0.05, 0.1) is 38.1 Å². The topological polar surface area (TPSA) is 51.2 Å². The van der Waals surface area contributed by atoms with Crippen LogP contribution in [-0.4, -0.2) is 92.2 Å². The standard InChI is InChI=1S/C20H33FN2O4/c21-20(6-12-25-13-7-20)18(24)23-11-15-27-19(16-23)4-8-22(9-5-19)10-14-26-17-2-1-3-17/h17H,1-16H2. The average molecular weight is 384 g/mol. The van der Waals surface area contributed by atoms with Crippen molar-refractivity contribution in [2.75, 3.05) is 59.2 Å². The van der Waals surface area contributed by atoms with Gasteiger partial charge in [-0.15, -0.1) is 0 Å². The van der Waals surface area contributed by atoms with Crippen LogP contribution in [-0.2, 0) is 19.0 Å². The predicted octanol–water partition coefficient (Wildman–Crippen LogP) is 1.77. The van der Waals surface area contributed by atoms with E-state index >= 15 is 4.39 Å². The van der Waals surface area contributed by atoms with E-state index in [1.165, 1.54) is 19.3 Å². The first-order chi connectivity index (χ1) is 13.1. The van der Waals surface area contributed by atoms with Gasteiger partial charge in [0.15, 0.2) is 5.67 Å². The number of piperidine rings is 1. The zero-order valence-electron chi connectivity index (χ0n) is 16.3. The van der Waals surface area contributed by atoms with Crippen molar-refractivity contribution in [1.29, 1.82) is 0 Å². The minimum absolute atomic E-state index is 0.172. The van der Waals surface area contributed by atoms with Crippen LogP contribution in [0.5, 0.6) is 0 Å². The molecule has 0 aromatic rings. The van der Waals surface area contributed by atoms with E-state index in [0.717, 1.165) is 39.1 Å². The van der Waals surface area contributed by atoms with E-state index in [1.807, 2.05) is 0 Å². The molecule has 3 aliphatic heterocycles. The van der Waals surface area contributed by atoms with Crippen molar-refractivity contribution in [1.82, 2.24) is 9.80 Å². The van der Waals surface area contributed by atoms with Crippen molar-refractivity contribution in [2.45, 2.75) is 62.3 Å². The summed E-state index contributed by atoms with van der Waals surface area (Å²) in [6.07, 6.45) is 6.34. The second-order valence-electron chi connectivity index (χ2n) is 8.60. The highest BCUT2D eigenvalue weighted by molar-refractivity contribution is 5.85. The zero-order valence-corrected chi connectivity index (χ0v) is 16.3. The number of likely N-dealkylation sites (tertiary alicyclic amines) is 1. The van der Waals surface area contributed by atoms with Crippen LogP contribution in [0, 0.1) is 0 Å². The molecule has 1 aliphatic carbocycles. The summed E-state index contributed by atoms with van der Waals surface area (Å²) >= 11 is 0. The zero-order chi connectivity index (χ0) is 18.7. The first-order valence-electron chi connectivity index (χ1n) is 10.6. The van der Waals surface area contributed by atoms with Crippen LogP contribution >= 0.6 is 0 Å². The molecule has 1 spiro atoms.